The summed E-state index contributed by atoms with van der Waals surface area (Å²) in [5, 5.41) is 0. The highest BCUT2D eigenvalue weighted by Gasteiger charge is 1.95. The van der Waals surface area contributed by atoms with E-state index in [0.29, 0.717) is 11.1 Å². The highest BCUT2D eigenvalue weighted by atomic mass is 16.4. The van der Waals surface area contributed by atoms with Gasteiger partial charge < -0.3 is 4.42 Å². The van der Waals surface area contributed by atoms with Crippen LogP contribution < -0.4 is 11.1 Å². The summed E-state index contributed by atoms with van der Waals surface area (Å²) < 4.78 is 4.56. The second-order valence-electron chi connectivity index (χ2n) is 2.39. The maximum absolute atomic E-state index is 11.1. The van der Waals surface area contributed by atoms with Crippen LogP contribution in [0.4, 0.5) is 0 Å². The first-order chi connectivity index (χ1) is 5.11. The van der Waals surface area contributed by atoms with Crippen LogP contribution >= 0.6 is 0 Å². The maximum Gasteiger partial charge on any atom is 0.335 e. The van der Waals surface area contributed by atoms with Crippen LogP contribution in [0.25, 0.3) is 0 Å². The molecular formula is C8H8O3. The SMILES string of the molecule is Cc1coc(=O)cc(C)c1=O. The van der Waals surface area contributed by atoms with Crippen LogP contribution in [0.2, 0.25) is 0 Å². The molecule has 0 bridgehead atoms. The average molecular weight is 152 g/mol. The highest BCUT2D eigenvalue weighted by molar-refractivity contribution is 5.14. The molecular weight excluding hydrogens is 144 g/mol. The van der Waals surface area contributed by atoms with Crippen molar-refractivity contribution in [1.82, 2.24) is 0 Å². The van der Waals surface area contributed by atoms with Crippen LogP contribution in [-0.2, 0) is 0 Å². The van der Waals surface area contributed by atoms with Crippen LogP contribution in [0.15, 0.2) is 26.3 Å². The zero-order valence-corrected chi connectivity index (χ0v) is 6.38. The summed E-state index contributed by atoms with van der Waals surface area (Å²) >= 11 is 0. The molecule has 0 aliphatic rings. The molecule has 0 saturated carbocycles. The molecule has 0 aliphatic carbocycles. The third-order valence-corrected chi connectivity index (χ3v) is 1.40. The highest BCUT2D eigenvalue weighted by Crippen LogP contribution is 1.86. The van der Waals surface area contributed by atoms with E-state index in [1.165, 1.54) is 12.3 Å². The van der Waals surface area contributed by atoms with E-state index in [1.54, 1.807) is 13.8 Å². The molecule has 0 aromatic carbocycles. The molecule has 58 valence electrons. The van der Waals surface area contributed by atoms with E-state index in [2.05, 4.69) is 4.42 Å². The molecule has 0 atom stereocenters. The molecule has 0 unspecified atom stereocenters. The van der Waals surface area contributed by atoms with Crippen LogP contribution in [0, 0.1) is 13.8 Å². The molecule has 1 heterocycles. The molecule has 1 aromatic heterocycles. The van der Waals surface area contributed by atoms with Crippen molar-refractivity contribution in [2.45, 2.75) is 13.8 Å². The van der Waals surface area contributed by atoms with E-state index in [-0.39, 0.29) is 5.43 Å². The summed E-state index contributed by atoms with van der Waals surface area (Å²) in [6.45, 7) is 3.20. The van der Waals surface area contributed by atoms with Gasteiger partial charge in [-0.15, -0.1) is 0 Å². The quantitative estimate of drug-likeness (QED) is 0.547. The van der Waals surface area contributed by atoms with Gasteiger partial charge in [0.2, 0.25) is 0 Å². The summed E-state index contributed by atoms with van der Waals surface area (Å²) in [5.74, 6) is 0. The Labute approximate surface area is 63.3 Å². The van der Waals surface area contributed by atoms with Crippen molar-refractivity contribution < 1.29 is 4.42 Å². The molecule has 1 rings (SSSR count). The molecule has 0 aliphatic heterocycles. The molecule has 11 heavy (non-hydrogen) atoms. The number of hydrogen-bond donors (Lipinski definition) is 0. The van der Waals surface area contributed by atoms with Gasteiger partial charge in [-0.25, -0.2) is 4.79 Å². The van der Waals surface area contributed by atoms with Gasteiger partial charge in [0, 0.05) is 17.2 Å². The van der Waals surface area contributed by atoms with Crippen LogP contribution in [0.3, 0.4) is 0 Å². The molecule has 3 nitrogen and oxygen atoms in total. The molecule has 0 N–H and O–H groups in total. The zero-order valence-electron chi connectivity index (χ0n) is 6.38. The van der Waals surface area contributed by atoms with Crippen molar-refractivity contribution >= 4 is 0 Å². The third-order valence-electron chi connectivity index (χ3n) is 1.40. The third kappa shape index (κ3) is 1.55. The van der Waals surface area contributed by atoms with Crippen molar-refractivity contribution in [2.75, 3.05) is 0 Å². The summed E-state index contributed by atoms with van der Waals surface area (Å²) in [7, 11) is 0. The minimum Gasteiger partial charge on any atom is -0.431 e. The topological polar surface area (TPSA) is 47.3 Å². The molecule has 0 fully saturated rings. The minimum absolute atomic E-state index is 0.143. The Kier molecular flexibility index (Phi) is 1.89. The van der Waals surface area contributed by atoms with Crippen molar-refractivity contribution in [3.8, 4) is 0 Å². The predicted molar refractivity (Wildman–Crippen MR) is 40.7 cm³/mol. The van der Waals surface area contributed by atoms with E-state index in [0.717, 1.165) is 0 Å². The number of aryl methyl sites for hydroxylation is 2. The lowest BCUT2D eigenvalue weighted by Crippen LogP contribution is -2.04. The molecule has 0 saturated heterocycles. The van der Waals surface area contributed by atoms with E-state index in [4.69, 9.17) is 0 Å². The predicted octanol–water partition coefficient (Wildman–Crippen LogP) is 0.617. The maximum atomic E-state index is 11.1. The van der Waals surface area contributed by atoms with Gasteiger partial charge in [0.25, 0.3) is 0 Å². The van der Waals surface area contributed by atoms with Gasteiger partial charge in [-0.1, -0.05) is 0 Å². The van der Waals surface area contributed by atoms with E-state index in [1.807, 2.05) is 0 Å². The molecule has 3 heteroatoms. The Morgan fingerprint density at radius 3 is 2.45 bits per heavy atom. The van der Waals surface area contributed by atoms with Crippen LogP contribution in [0.5, 0.6) is 0 Å². The zero-order chi connectivity index (χ0) is 8.43. The normalized spacial score (nSPS) is 9.64. The lowest BCUT2D eigenvalue weighted by molar-refractivity contribution is 0.513. The smallest absolute Gasteiger partial charge is 0.335 e. The fourth-order valence-corrected chi connectivity index (χ4v) is 0.787. The van der Waals surface area contributed by atoms with Gasteiger partial charge >= 0.3 is 5.63 Å². The molecule has 0 spiro atoms. The number of hydrogen-bond acceptors (Lipinski definition) is 3. The fraction of sp³-hybridized carbons (Fsp3) is 0.250. The first-order valence-electron chi connectivity index (χ1n) is 3.21. The Balaban J connectivity index is 3.70. The fourth-order valence-electron chi connectivity index (χ4n) is 0.787. The summed E-state index contributed by atoms with van der Waals surface area (Å²) in [4.78, 5) is 21.8. The lowest BCUT2D eigenvalue weighted by Gasteiger charge is -1.79. The van der Waals surface area contributed by atoms with Crippen molar-refractivity contribution in [3.63, 3.8) is 0 Å². The molecule has 0 amide bonds. The van der Waals surface area contributed by atoms with Crippen molar-refractivity contribution in [2.24, 2.45) is 0 Å². The average Bonchev–Trinajstić information content (AvgIpc) is 2.05. The first kappa shape index (κ1) is 7.72. The van der Waals surface area contributed by atoms with Gasteiger partial charge in [-0.05, 0) is 13.8 Å². The number of rotatable bonds is 0. The van der Waals surface area contributed by atoms with Crippen molar-refractivity contribution in [3.05, 3.63) is 44.1 Å². The van der Waals surface area contributed by atoms with Gasteiger partial charge in [0.15, 0.2) is 5.43 Å². The van der Waals surface area contributed by atoms with E-state index in [9.17, 15) is 9.59 Å². The Bertz CT molecular complexity index is 376. The standard InChI is InChI=1S/C8H8O3/c1-5-3-7(9)11-4-6(2)8(5)10/h3-4H,1-2H3. The minimum atomic E-state index is -0.493. The lowest BCUT2D eigenvalue weighted by atomic mass is 10.2. The summed E-state index contributed by atoms with van der Waals surface area (Å²) in [6.07, 6.45) is 1.18. The van der Waals surface area contributed by atoms with Crippen molar-refractivity contribution in [1.29, 1.82) is 0 Å². The van der Waals surface area contributed by atoms with E-state index >= 15 is 0 Å². The second kappa shape index (κ2) is 2.70. The Morgan fingerprint density at radius 2 is 1.82 bits per heavy atom. The van der Waals surface area contributed by atoms with Gasteiger partial charge in [-0.3, -0.25) is 4.79 Å². The van der Waals surface area contributed by atoms with E-state index < -0.39 is 5.63 Å². The summed E-state index contributed by atoms with van der Waals surface area (Å²) in [5.41, 5.74) is 0.231. The Hall–Kier alpha value is -1.38. The van der Waals surface area contributed by atoms with Gasteiger partial charge in [0.05, 0.1) is 0 Å². The second-order valence-corrected chi connectivity index (χ2v) is 2.39. The molecule has 0 radical (unpaired) electrons. The van der Waals surface area contributed by atoms with Crippen LogP contribution in [-0.4, -0.2) is 0 Å². The Morgan fingerprint density at radius 1 is 1.18 bits per heavy atom. The largest absolute Gasteiger partial charge is 0.431 e. The summed E-state index contributed by atoms with van der Waals surface area (Å²) in [6, 6.07) is 1.19. The van der Waals surface area contributed by atoms with Crippen LogP contribution in [0.1, 0.15) is 11.1 Å². The molecule has 1 aromatic rings. The monoisotopic (exact) mass is 152 g/mol. The van der Waals surface area contributed by atoms with Gasteiger partial charge in [-0.2, -0.15) is 0 Å². The van der Waals surface area contributed by atoms with Gasteiger partial charge in [0.1, 0.15) is 6.26 Å². The first-order valence-corrected chi connectivity index (χ1v) is 3.21.